The minimum atomic E-state index is -4.50. The van der Waals surface area contributed by atoms with Crippen molar-refractivity contribution in [2.45, 2.75) is 52.1 Å². The minimum Gasteiger partial charge on any atom is -0.370 e. The second kappa shape index (κ2) is 10.2. The third-order valence-electron chi connectivity index (χ3n) is 6.06. The number of nitrogens with zero attached hydrogens (tertiary/aromatic N) is 2. The number of alkyl halides is 3. The summed E-state index contributed by atoms with van der Waals surface area (Å²) in [5, 5.41) is 7.63. The zero-order valence-corrected chi connectivity index (χ0v) is 21.0. The van der Waals surface area contributed by atoms with Gasteiger partial charge in [0.25, 0.3) is 0 Å². The smallest absolute Gasteiger partial charge is 0.370 e. The summed E-state index contributed by atoms with van der Waals surface area (Å²) in [4.78, 5) is 8.76. The van der Waals surface area contributed by atoms with E-state index in [1.807, 2.05) is 18.2 Å². The van der Waals surface area contributed by atoms with E-state index < -0.39 is 11.7 Å². The van der Waals surface area contributed by atoms with Gasteiger partial charge in [0.15, 0.2) is 0 Å². The molecule has 0 fully saturated rings. The SMILES string of the molecule is CCCCNc1cc(Nc2ccc(C(C)(C)C)cc2)c2ccc(-c3ncccc3C(F)(F)F)cc2n1. The van der Waals surface area contributed by atoms with Crippen LogP contribution < -0.4 is 10.6 Å². The van der Waals surface area contributed by atoms with Crippen LogP contribution in [0.3, 0.4) is 0 Å². The number of pyridine rings is 2. The van der Waals surface area contributed by atoms with Crippen LogP contribution in [0, 0.1) is 0 Å². The summed E-state index contributed by atoms with van der Waals surface area (Å²) in [6, 6.07) is 17.7. The topological polar surface area (TPSA) is 49.8 Å². The van der Waals surface area contributed by atoms with Gasteiger partial charge in [0.2, 0.25) is 0 Å². The third kappa shape index (κ3) is 5.78. The highest BCUT2D eigenvalue weighted by molar-refractivity contribution is 5.97. The lowest BCUT2D eigenvalue weighted by Gasteiger charge is -2.20. The lowest BCUT2D eigenvalue weighted by atomic mass is 9.87. The van der Waals surface area contributed by atoms with Crippen molar-refractivity contribution in [1.82, 2.24) is 9.97 Å². The van der Waals surface area contributed by atoms with Gasteiger partial charge in [-0.1, -0.05) is 58.4 Å². The molecular weight excluding hydrogens is 461 g/mol. The van der Waals surface area contributed by atoms with E-state index in [4.69, 9.17) is 4.98 Å². The number of aromatic nitrogens is 2. The number of hydrogen-bond donors (Lipinski definition) is 2. The van der Waals surface area contributed by atoms with Crippen molar-refractivity contribution in [3.8, 4) is 11.3 Å². The fourth-order valence-electron chi connectivity index (χ4n) is 4.04. The predicted molar refractivity (Wildman–Crippen MR) is 142 cm³/mol. The molecule has 4 aromatic rings. The van der Waals surface area contributed by atoms with Gasteiger partial charge in [-0.25, -0.2) is 4.98 Å². The van der Waals surface area contributed by atoms with E-state index in [0.717, 1.165) is 42.2 Å². The van der Waals surface area contributed by atoms with Crippen molar-refractivity contribution >= 4 is 28.1 Å². The molecular formula is C29H31F3N4. The quantitative estimate of drug-likeness (QED) is 0.254. The van der Waals surface area contributed by atoms with Crippen LogP contribution in [0.2, 0.25) is 0 Å². The second-order valence-corrected chi connectivity index (χ2v) is 9.92. The number of nitrogens with one attached hydrogen (secondary N) is 2. The number of fused-ring (bicyclic) bond motifs is 1. The first kappa shape index (κ1) is 25.5. The number of anilines is 3. The molecule has 0 bridgehead atoms. The Labute approximate surface area is 210 Å². The number of unbranched alkanes of at least 4 members (excludes halogenated alkanes) is 1. The molecule has 4 nitrogen and oxygen atoms in total. The Bertz CT molecular complexity index is 1340. The van der Waals surface area contributed by atoms with Gasteiger partial charge in [-0.2, -0.15) is 13.2 Å². The van der Waals surface area contributed by atoms with Crippen molar-refractivity contribution in [3.63, 3.8) is 0 Å². The maximum atomic E-state index is 13.6. The summed E-state index contributed by atoms with van der Waals surface area (Å²) >= 11 is 0. The van der Waals surface area contributed by atoms with Gasteiger partial charge in [-0.05, 0) is 47.7 Å². The van der Waals surface area contributed by atoms with Gasteiger partial charge < -0.3 is 10.6 Å². The maximum absolute atomic E-state index is 13.6. The molecule has 0 saturated carbocycles. The average molecular weight is 493 g/mol. The van der Waals surface area contributed by atoms with Crippen LogP contribution in [0.25, 0.3) is 22.2 Å². The molecule has 0 aliphatic rings. The molecule has 2 aromatic heterocycles. The van der Waals surface area contributed by atoms with E-state index in [2.05, 4.69) is 55.4 Å². The van der Waals surface area contributed by atoms with Gasteiger partial charge in [0.05, 0.1) is 22.5 Å². The Kier molecular flexibility index (Phi) is 7.20. The lowest BCUT2D eigenvalue weighted by molar-refractivity contribution is -0.137. The Balaban J connectivity index is 1.77. The first-order valence-corrected chi connectivity index (χ1v) is 12.1. The van der Waals surface area contributed by atoms with Crippen molar-refractivity contribution < 1.29 is 13.2 Å². The van der Waals surface area contributed by atoms with Gasteiger partial charge in [0, 0.05) is 35.4 Å². The summed E-state index contributed by atoms with van der Waals surface area (Å²) < 4.78 is 40.9. The average Bonchev–Trinajstić information content (AvgIpc) is 2.83. The van der Waals surface area contributed by atoms with Crippen LogP contribution in [0.4, 0.5) is 30.4 Å². The van der Waals surface area contributed by atoms with Crippen molar-refractivity contribution in [3.05, 3.63) is 78.0 Å². The molecule has 0 atom stereocenters. The lowest BCUT2D eigenvalue weighted by Crippen LogP contribution is -2.10. The largest absolute Gasteiger partial charge is 0.418 e. The van der Waals surface area contributed by atoms with Gasteiger partial charge >= 0.3 is 6.18 Å². The first-order chi connectivity index (χ1) is 17.1. The molecule has 0 aliphatic heterocycles. The number of halogens is 3. The monoisotopic (exact) mass is 492 g/mol. The molecule has 2 aromatic carbocycles. The molecule has 0 saturated heterocycles. The molecule has 188 valence electrons. The molecule has 0 unspecified atom stereocenters. The molecule has 2 N–H and O–H groups in total. The molecule has 2 heterocycles. The van der Waals surface area contributed by atoms with Gasteiger partial charge in [-0.15, -0.1) is 0 Å². The van der Waals surface area contributed by atoms with Crippen molar-refractivity contribution in [1.29, 1.82) is 0 Å². The maximum Gasteiger partial charge on any atom is 0.418 e. The van der Waals surface area contributed by atoms with Crippen LogP contribution >= 0.6 is 0 Å². The van der Waals surface area contributed by atoms with Gasteiger partial charge in [-0.3, -0.25) is 4.98 Å². The van der Waals surface area contributed by atoms with Crippen LogP contribution in [0.15, 0.2) is 66.9 Å². The van der Waals surface area contributed by atoms with E-state index in [-0.39, 0.29) is 11.1 Å². The molecule has 36 heavy (non-hydrogen) atoms. The standard InChI is InChI=1S/C29H31F3N4/c1-5-6-15-33-26-18-25(35-21-12-10-20(11-13-21)28(2,3)4)22-14-9-19(17-24(22)36-26)27-23(29(30,31)32)8-7-16-34-27/h7-14,16-18H,5-6,15H2,1-4H3,(H2,33,35,36). The zero-order valence-electron chi connectivity index (χ0n) is 21.0. The number of hydrogen-bond acceptors (Lipinski definition) is 4. The van der Waals surface area contributed by atoms with Crippen molar-refractivity contribution in [2.75, 3.05) is 17.2 Å². The molecule has 0 spiro atoms. The Morgan fingerprint density at radius 3 is 2.33 bits per heavy atom. The summed E-state index contributed by atoms with van der Waals surface area (Å²) in [5.74, 6) is 0.666. The summed E-state index contributed by atoms with van der Waals surface area (Å²) in [6.45, 7) is 9.38. The molecule has 0 aliphatic carbocycles. The van der Waals surface area contributed by atoms with E-state index in [9.17, 15) is 13.2 Å². The van der Waals surface area contributed by atoms with E-state index in [1.165, 1.54) is 17.8 Å². The summed E-state index contributed by atoms with van der Waals surface area (Å²) in [5.41, 5.74) is 3.11. The third-order valence-corrected chi connectivity index (χ3v) is 6.06. The highest BCUT2D eigenvalue weighted by atomic mass is 19.4. The highest BCUT2D eigenvalue weighted by Gasteiger charge is 2.34. The molecule has 7 heteroatoms. The molecule has 0 radical (unpaired) electrons. The van der Waals surface area contributed by atoms with E-state index in [0.29, 0.717) is 16.9 Å². The van der Waals surface area contributed by atoms with Crippen LogP contribution in [0.1, 0.15) is 51.7 Å². The second-order valence-electron chi connectivity index (χ2n) is 9.92. The highest BCUT2D eigenvalue weighted by Crippen LogP contribution is 2.38. The minimum absolute atomic E-state index is 0.0510. The molecule has 0 amide bonds. The first-order valence-electron chi connectivity index (χ1n) is 12.1. The Hall–Kier alpha value is -3.61. The normalized spacial score (nSPS) is 12.1. The number of rotatable bonds is 7. The number of benzene rings is 2. The Morgan fingerprint density at radius 1 is 0.917 bits per heavy atom. The van der Waals surface area contributed by atoms with Gasteiger partial charge in [0.1, 0.15) is 5.82 Å². The van der Waals surface area contributed by atoms with Crippen LogP contribution in [-0.2, 0) is 11.6 Å². The predicted octanol–water partition coefficient (Wildman–Crippen LogP) is 8.57. The fraction of sp³-hybridized carbons (Fsp3) is 0.310. The van der Waals surface area contributed by atoms with Crippen LogP contribution in [-0.4, -0.2) is 16.5 Å². The zero-order chi connectivity index (χ0) is 25.9. The summed E-state index contributed by atoms with van der Waals surface area (Å²) in [6.07, 6.45) is -1.10. The summed E-state index contributed by atoms with van der Waals surface area (Å²) in [7, 11) is 0. The van der Waals surface area contributed by atoms with Crippen LogP contribution in [0.5, 0.6) is 0 Å². The van der Waals surface area contributed by atoms with E-state index >= 15 is 0 Å². The fourth-order valence-corrected chi connectivity index (χ4v) is 4.04. The molecule has 4 rings (SSSR count). The Morgan fingerprint density at radius 2 is 1.67 bits per heavy atom. The van der Waals surface area contributed by atoms with E-state index in [1.54, 1.807) is 18.2 Å². The van der Waals surface area contributed by atoms with Crippen molar-refractivity contribution in [2.24, 2.45) is 0 Å².